The van der Waals surface area contributed by atoms with Gasteiger partial charge >= 0.3 is 0 Å². The Balaban J connectivity index is 3.03. The number of nitrogens with two attached hydrogens (primary N) is 1. The third-order valence-electron chi connectivity index (χ3n) is 4.78. The van der Waals surface area contributed by atoms with Gasteiger partial charge in [-0.15, -0.1) is 0 Å². The van der Waals surface area contributed by atoms with Crippen molar-refractivity contribution in [3.63, 3.8) is 0 Å². The lowest BCUT2D eigenvalue weighted by Crippen LogP contribution is -2.16. The molecule has 0 spiro atoms. The van der Waals surface area contributed by atoms with Gasteiger partial charge in [-0.2, -0.15) is 0 Å². The molecular weight excluding hydrogens is 318 g/mol. The third-order valence-corrected chi connectivity index (χ3v) is 5.64. The second-order valence-electron chi connectivity index (χ2n) is 7.38. The first kappa shape index (κ1) is 23.9. The maximum Gasteiger partial charge on any atom is 0.209 e. The second kappa shape index (κ2) is 17.7. The predicted octanol–water partition coefficient (Wildman–Crippen LogP) is 6.32. The molecule has 0 aliphatic heterocycles. The molecule has 4 heteroatoms. The highest BCUT2D eigenvalue weighted by molar-refractivity contribution is 7.89. The van der Waals surface area contributed by atoms with E-state index in [2.05, 4.69) is 6.92 Å². The van der Waals surface area contributed by atoms with Gasteiger partial charge in [0.1, 0.15) is 0 Å². The molecule has 0 aliphatic rings. The molecule has 0 amide bonds. The van der Waals surface area contributed by atoms with Gasteiger partial charge in [-0.1, -0.05) is 116 Å². The van der Waals surface area contributed by atoms with Crippen LogP contribution < -0.4 is 5.14 Å². The maximum absolute atomic E-state index is 10.8. The van der Waals surface area contributed by atoms with Crippen molar-refractivity contribution in [1.29, 1.82) is 0 Å². The number of unbranched alkanes of at least 4 members (excludes halogenated alkanes) is 17. The molecule has 0 fully saturated rings. The van der Waals surface area contributed by atoms with Crippen LogP contribution in [-0.2, 0) is 10.0 Å². The van der Waals surface area contributed by atoms with Gasteiger partial charge in [0, 0.05) is 0 Å². The van der Waals surface area contributed by atoms with Crippen LogP contribution >= 0.6 is 0 Å². The van der Waals surface area contributed by atoms with Crippen LogP contribution in [0.2, 0.25) is 0 Å². The van der Waals surface area contributed by atoms with Crippen molar-refractivity contribution >= 4 is 10.0 Å². The molecule has 0 aromatic rings. The fourth-order valence-corrected chi connectivity index (χ4v) is 3.81. The summed E-state index contributed by atoms with van der Waals surface area (Å²) >= 11 is 0. The smallest absolute Gasteiger partial charge is 0.209 e. The van der Waals surface area contributed by atoms with Crippen LogP contribution in [0.5, 0.6) is 0 Å². The van der Waals surface area contributed by atoms with E-state index < -0.39 is 10.0 Å². The summed E-state index contributed by atoms with van der Waals surface area (Å²) in [5.41, 5.74) is 0. The normalized spacial score (nSPS) is 11.9. The zero-order valence-corrected chi connectivity index (χ0v) is 17.1. The first-order chi connectivity index (χ1) is 11.6. The fraction of sp³-hybridized carbons (Fsp3) is 1.00. The molecule has 0 aromatic carbocycles. The zero-order valence-electron chi connectivity index (χ0n) is 16.2. The van der Waals surface area contributed by atoms with E-state index in [0.717, 1.165) is 19.3 Å². The summed E-state index contributed by atoms with van der Waals surface area (Å²) in [4.78, 5) is 0. The Bertz CT molecular complexity index is 342. The van der Waals surface area contributed by atoms with Gasteiger partial charge in [0.15, 0.2) is 0 Å². The Labute approximate surface area is 152 Å². The van der Waals surface area contributed by atoms with Gasteiger partial charge < -0.3 is 0 Å². The van der Waals surface area contributed by atoms with Crippen LogP contribution in [0.3, 0.4) is 0 Å². The summed E-state index contributed by atoms with van der Waals surface area (Å²) in [7, 11) is -3.25. The summed E-state index contributed by atoms with van der Waals surface area (Å²) in [5.74, 6) is 0.145. The molecule has 0 saturated heterocycles. The van der Waals surface area contributed by atoms with Crippen LogP contribution in [0.25, 0.3) is 0 Å². The lowest BCUT2D eigenvalue weighted by molar-refractivity contribution is 0.526. The standard InChI is InChI=1S/C20H43NO2S/c1-2-3-4-5-6-7-8-9-10-11-12-13-14-15-16-17-18-19-20-24(21,22)23/h2-20H2,1H3,(H2,21,22,23). The minimum Gasteiger partial charge on any atom is -0.229 e. The molecule has 0 radical (unpaired) electrons. The summed E-state index contributed by atoms with van der Waals surface area (Å²) < 4.78 is 21.6. The first-order valence-corrected chi connectivity index (χ1v) is 12.3. The molecule has 24 heavy (non-hydrogen) atoms. The molecule has 0 bridgehead atoms. The van der Waals surface area contributed by atoms with Gasteiger partial charge in [0.25, 0.3) is 0 Å². The van der Waals surface area contributed by atoms with Crippen LogP contribution in [0.1, 0.15) is 122 Å². The SMILES string of the molecule is CCCCCCCCCCCCCCCCCCCCS(N)(=O)=O. The minimum absolute atomic E-state index is 0.145. The zero-order chi connectivity index (χ0) is 17.9. The average Bonchev–Trinajstić information content (AvgIpc) is 2.52. The quantitative estimate of drug-likeness (QED) is 0.274. The number of rotatable bonds is 19. The Kier molecular flexibility index (Phi) is 17.7. The van der Waals surface area contributed by atoms with Gasteiger partial charge in [-0.05, 0) is 6.42 Å². The van der Waals surface area contributed by atoms with E-state index in [1.807, 2.05) is 0 Å². The minimum atomic E-state index is -3.25. The summed E-state index contributed by atoms with van der Waals surface area (Å²) in [5, 5.41) is 4.98. The Morgan fingerprint density at radius 3 is 1.00 bits per heavy atom. The molecule has 0 atom stereocenters. The van der Waals surface area contributed by atoms with Crippen molar-refractivity contribution in [3.05, 3.63) is 0 Å². The Morgan fingerprint density at radius 1 is 0.500 bits per heavy atom. The van der Waals surface area contributed by atoms with Crippen molar-refractivity contribution < 1.29 is 8.42 Å². The van der Waals surface area contributed by atoms with Gasteiger partial charge in [0.2, 0.25) is 10.0 Å². The molecule has 146 valence electrons. The average molecular weight is 362 g/mol. The maximum atomic E-state index is 10.8. The monoisotopic (exact) mass is 361 g/mol. The Hall–Kier alpha value is -0.0900. The van der Waals surface area contributed by atoms with Crippen molar-refractivity contribution in [2.24, 2.45) is 5.14 Å². The molecule has 0 heterocycles. The lowest BCUT2D eigenvalue weighted by Gasteiger charge is -2.03. The van der Waals surface area contributed by atoms with Crippen LogP contribution in [0, 0.1) is 0 Å². The third kappa shape index (κ3) is 21.9. The van der Waals surface area contributed by atoms with Gasteiger partial charge in [-0.3, -0.25) is 0 Å². The van der Waals surface area contributed by atoms with E-state index >= 15 is 0 Å². The molecule has 0 aromatic heterocycles. The topological polar surface area (TPSA) is 60.2 Å². The highest BCUT2D eigenvalue weighted by atomic mass is 32.2. The highest BCUT2D eigenvalue weighted by Gasteiger charge is 2.01. The number of primary sulfonamides is 1. The van der Waals surface area contributed by atoms with Crippen LogP contribution in [-0.4, -0.2) is 14.2 Å². The fourth-order valence-electron chi connectivity index (χ4n) is 3.20. The lowest BCUT2D eigenvalue weighted by atomic mass is 10.0. The van der Waals surface area contributed by atoms with Crippen molar-refractivity contribution in [1.82, 2.24) is 0 Å². The number of sulfonamides is 1. The van der Waals surface area contributed by atoms with E-state index in [0.29, 0.717) is 0 Å². The molecule has 0 aliphatic carbocycles. The summed E-state index contributed by atoms with van der Waals surface area (Å²) in [6.45, 7) is 2.28. The molecular formula is C20H43NO2S. The van der Waals surface area contributed by atoms with E-state index in [-0.39, 0.29) is 5.75 Å². The Morgan fingerprint density at radius 2 is 0.750 bits per heavy atom. The van der Waals surface area contributed by atoms with Crippen molar-refractivity contribution in [2.75, 3.05) is 5.75 Å². The molecule has 0 unspecified atom stereocenters. The van der Waals surface area contributed by atoms with Crippen molar-refractivity contribution in [2.45, 2.75) is 122 Å². The number of hydrogen-bond acceptors (Lipinski definition) is 2. The number of hydrogen-bond donors (Lipinski definition) is 1. The summed E-state index contributed by atoms with van der Waals surface area (Å²) in [6.07, 6.45) is 23.7. The van der Waals surface area contributed by atoms with Crippen LogP contribution in [0.4, 0.5) is 0 Å². The van der Waals surface area contributed by atoms with Crippen molar-refractivity contribution in [3.8, 4) is 0 Å². The van der Waals surface area contributed by atoms with Gasteiger partial charge in [0.05, 0.1) is 5.75 Å². The first-order valence-electron chi connectivity index (χ1n) is 10.6. The van der Waals surface area contributed by atoms with E-state index in [9.17, 15) is 8.42 Å². The molecule has 0 saturated carbocycles. The van der Waals surface area contributed by atoms with E-state index in [1.165, 1.54) is 96.3 Å². The second-order valence-corrected chi connectivity index (χ2v) is 9.11. The highest BCUT2D eigenvalue weighted by Crippen LogP contribution is 2.14. The van der Waals surface area contributed by atoms with E-state index in [1.54, 1.807) is 0 Å². The largest absolute Gasteiger partial charge is 0.229 e. The predicted molar refractivity (Wildman–Crippen MR) is 107 cm³/mol. The summed E-state index contributed by atoms with van der Waals surface area (Å²) in [6, 6.07) is 0. The van der Waals surface area contributed by atoms with Gasteiger partial charge in [-0.25, -0.2) is 13.6 Å². The van der Waals surface area contributed by atoms with E-state index in [4.69, 9.17) is 5.14 Å². The molecule has 2 N–H and O–H groups in total. The molecule has 0 rings (SSSR count). The van der Waals surface area contributed by atoms with Crippen LogP contribution in [0.15, 0.2) is 0 Å². The molecule has 3 nitrogen and oxygen atoms in total.